The smallest absolute Gasteiger partial charge is 0.257 e. The van der Waals surface area contributed by atoms with Crippen LogP contribution in [0.15, 0.2) is 41.1 Å². The Morgan fingerprint density at radius 2 is 1.79 bits per heavy atom. The molecule has 0 atom stereocenters. The second-order valence-corrected chi connectivity index (χ2v) is 7.50. The second-order valence-electron chi connectivity index (χ2n) is 6.58. The van der Waals surface area contributed by atoms with Crippen molar-refractivity contribution in [3.63, 3.8) is 0 Å². The Labute approximate surface area is 150 Å². The highest BCUT2D eigenvalue weighted by atomic mass is 79.9. The first-order valence-electron chi connectivity index (χ1n) is 7.51. The van der Waals surface area contributed by atoms with Gasteiger partial charge in [-0.05, 0) is 46.6 Å². The molecule has 1 aromatic heterocycles. The van der Waals surface area contributed by atoms with Gasteiger partial charge in [-0.15, -0.1) is 0 Å². The van der Waals surface area contributed by atoms with Crippen LogP contribution in [0.25, 0.3) is 0 Å². The molecular weight excluding hydrogens is 370 g/mol. The normalized spacial score (nSPS) is 11.0. The van der Waals surface area contributed by atoms with E-state index < -0.39 is 5.41 Å². The minimum Gasteiger partial charge on any atom is -0.326 e. The van der Waals surface area contributed by atoms with Crippen LogP contribution in [-0.4, -0.2) is 16.8 Å². The van der Waals surface area contributed by atoms with E-state index in [0.29, 0.717) is 16.9 Å². The van der Waals surface area contributed by atoms with Crippen LogP contribution < -0.4 is 10.6 Å². The lowest BCUT2D eigenvalue weighted by atomic mass is 9.95. The molecule has 2 rings (SSSR count). The Bertz CT molecular complexity index is 782. The van der Waals surface area contributed by atoms with E-state index in [9.17, 15) is 9.59 Å². The summed E-state index contributed by atoms with van der Waals surface area (Å²) >= 11 is 3.30. The van der Waals surface area contributed by atoms with Crippen molar-refractivity contribution in [3.05, 3.63) is 52.3 Å². The van der Waals surface area contributed by atoms with Crippen LogP contribution in [0.4, 0.5) is 11.4 Å². The molecule has 0 saturated heterocycles. The molecule has 0 saturated carbocycles. The van der Waals surface area contributed by atoms with Crippen LogP contribution in [0.5, 0.6) is 0 Å². The molecule has 2 aromatic rings. The van der Waals surface area contributed by atoms with Gasteiger partial charge in [0, 0.05) is 33.7 Å². The first-order valence-corrected chi connectivity index (χ1v) is 8.30. The van der Waals surface area contributed by atoms with Gasteiger partial charge in [-0.3, -0.25) is 14.6 Å². The van der Waals surface area contributed by atoms with Gasteiger partial charge in [0.2, 0.25) is 5.91 Å². The molecule has 2 amide bonds. The number of anilines is 2. The third-order valence-electron chi connectivity index (χ3n) is 3.39. The summed E-state index contributed by atoms with van der Waals surface area (Å²) < 4.78 is 0.734. The fourth-order valence-electron chi connectivity index (χ4n) is 1.88. The third-order valence-corrected chi connectivity index (χ3v) is 3.83. The summed E-state index contributed by atoms with van der Waals surface area (Å²) in [6.07, 6.45) is 3.12. The van der Waals surface area contributed by atoms with Crippen molar-refractivity contribution in [2.75, 3.05) is 10.6 Å². The molecule has 0 unspecified atom stereocenters. The molecule has 24 heavy (non-hydrogen) atoms. The highest BCUT2D eigenvalue weighted by molar-refractivity contribution is 9.10. The Morgan fingerprint density at radius 3 is 2.42 bits per heavy atom. The molecule has 1 aromatic carbocycles. The van der Waals surface area contributed by atoms with Crippen LogP contribution in [0.2, 0.25) is 0 Å². The minimum atomic E-state index is -0.490. The third kappa shape index (κ3) is 4.64. The number of hydrogen-bond acceptors (Lipinski definition) is 3. The van der Waals surface area contributed by atoms with Gasteiger partial charge >= 0.3 is 0 Å². The fraction of sp³-hybridized carbons (Fsp3) is 0.278. The largest absolute Gasteiger partial charge is 0.326 e. The standard InChI is InChI=1S/C18H20BrN3O2/c1-11-5-6-14(21-17(24)18(2,3)4)8-15(11)22-16(23)12-7-13(19)10-20-9-12/h5-10H,1-4H3,(H,21,24)(H,22,23). The predicted molar refractivity (Wildman–Crippen MR) is 99.2 cm³/mol. The number of carbonyl (C=O) groups is 2. The monoisotopic (exact) mass is 389 g/mol. The van der Waals surface area contributed by atoms with Crippen molar-refractivity contribution < 1.29 is 9.59 Å². The van der Waals surface area contributed by atoms with Crippen molar-refractivity contribution >= 4 is 39.1 Å². The molecule has 0 aliphatic carbocycles. The Hall–Kier alpha value is -2.21. The number of halogens is 1. The van der Waals surface area contributed by atoms with Crippen LogP contribution in [0.1, 0.15) is 36.7 Å². The molecule has 2 N–H and O–H groups in total. The zero-order valence-corrected chi connectivity index (χ0v) is 15.7. The molecule has 0 fully saturated rings. The number of pyridine rings is 1. The average Bonchev–Trinajstić information content (AvgIpc) is 2.49. The first kappa shape index (κ1) is 18.1. The van der Waals surface area contributed by atoms with Crippen molar-refractivity contribution in [3.8, 4) is 0 Å². The number of benzene rings is 1. The number of amides is 2. The maximum Gasteiger partial charge on any atom is 0.257 e. The lowest BCUT2D eigenvalue weighted by Crippen LogP contribution is -2.27. The topological polar surface area (TPSA) is 71.1 Å². The molecule has 126 valence electrons. The van der Waals surface area contributed by atoms with E-state index in [2.05, 4.69) is 31.5 Å². The first-order chi connectivity index (χ1) is 11.2. The van der Waals surface area contributed by atoms with Crippen molar-refractivity contribution in [1.29, 1.82) is 0 Å². The molecular formula is C18H20BrN3O2. The highest BCUT2D eigenvalue weighted by Crippen LogP contribution is 2.23. The summed E-state index contributed by atoms with van der Waals surface area (Å²) in [5.74, 6) is -0.342. The molecule has 6 heteroatoms. The van der Waals surface area contributed by atoms with E-state index in [4.69, 9.17) is 0 Å². The summed E-state index contributed by atoms with van der Waals surface area (Å²) in [5.41, 5.74) is 2.15. The van der Waals surface area contributed by atoms with Crippen LogP contribution in [-0.2, 0) is 4.79 Å². The van der Waals surface area contributed by atoms with E-state index in [-0.39, 0.29) is 11.8 Å². The maximum absolute atomic E-state index is 12.4. The van der Waals surface area contributed by atoms with Crippen molar-refractivity contribution in [2.45, 2.75) is 27.7 Å². The zero-order chi connectivity index (χ0) is 17.9. The summed E-state index contributed by atoms with van der Waals surface area (Å²) in [5, 5.41) is 5.72. The zero-order valence-electron chi connectivity index (χ0n) is 14.1. The SMILES string of the molecule is Cc1ccc(NC(=O)C(C)(C)C)cc1NC(=O)c1cncc(Br)c1. The number of aryl methyl sites for hydroxylation is 1. The quantitative estimate of drug-likeness (QED) is 0.817. The number of nitrogens with zero attached hydrogens (tertiary/aromatic N) is 1. The number of hydrogen-bond donors (Lipinski definition) is 2. The fourth-order valence-corrected chi connectivity index (χ4v) is 2.25. The molecule has 0 aliphatic rings. The summed E-state index contributed by atoms with van der Waals surface area (Å²) in [4.78, 5) is 28.4. The van der Waals surface area contributed by atoms with E-state index in [0.717, 1.165) is 10.0 Å². The predicted octanol–water partition coefficient (Wildman–Crippen LogP) is 4.39. The van der Waals surface area contributed by atoms with E-state index >= 15 is 0 Å². The van der Waals surface area contributed by atoms with E-state index in [1.54, 1.807) is 18.3 Å². The van der Waals surface area contributed by atoms with E-state index in [1.807, 2.05) is 39.8 Å². The molecule has 0 radical (unpaired) electrons. The van der Waals surface area contributed by atoms with Gasteiger partial charge in [0.15, 0.2) is 0 Å². The Balaban J connectivity index is 2.20. The molecule has 0 aliphatic heterocycles. The van der Waals surface area contributed by atoms with Crippen LogP contribution >= 0.6 is 15.9 Å². The molecule has 5 nitrogen and oxygen atoms in total. The lowest BCUT2D eigenvalue weighted by molar-refractivity contribution is -0.123. The van der Waals surface area contributed by atoms with Crippen LogP contribution in [0, 0.1) is 12.3 Å². The van der Waals surface area contributed by atoms with Gasteiger partial charge in [0.1, 0.15) is 0 Å². The summed E-state index contributed by atoms with van der Waals surface area (Å²) in [7, 11) is 0. The Kier molecular flexibility index (Phi) is 5.39. The number of rotatable bonds is 3. The second kappa shape index (κ2) is 7.13. The van der Waals surface area contributed by atoms with E-state index in [1.165, 1.54) is 6.20 Å². The molecule has 0 spiro atoms. The molecule has 0 bridgehead atoms. The van der Waals surface area contributed by atoms with Gasteiger partial charge in [-0.25, -0.2) is 0 Å². The van der Waals surface area contributed by atoms with Gasteiger partial charge < -0.3 is 10.6 Å². The van der Waals surface area contributed by atoms with Crippen molar-refractivity contribution in [1.82, 2.24) is 4.98 Å². The van der Waals surface area contributed by atoms with Gasteiger partial charge in [-0.1, -0.05) is 26.8 Å². The van der Waals surface area contributed by atoms with Crippen LogP contribution in [0.3, 0.4) is 0 Å². The minimum absolute atomic E-state index is 0.0835. The number of carbonyl (C=O) groups excluding carboxylic acids is 2. The summed E-state index contributed by atoms with van der Waals surface area (Å²) in [6, 6.07) is 7.12. The van der Waals surface area contributed by atoms with Gasteiger partial charge in [0.05, 0.1) is 5.56 Å². The number of nitrogens with one attached hydrogen (secondary N) is 2. The maximum atomic E-state index is 12.4. The summed E-state index contributed by atoms with van der Waals surface area (Å²) in [6.45, 7) is 7.43. The molecule has 1 heterocycles. The average molecular weight is 390 g/mol. The number of aromatic nitrogens is 1. The lowest BCUT2D eigenvalue weighted by Gasteiger charge is -2.18. The van der Waals surface area contributed by atoms with Crippen molar-refractivity contribution in [2.24, 2.45) is 5.41 Å². The highest BCUT2D eigenvalue weighted by Gasteiger charge is 2.21. The van der Waals surface area contributed by atoms with Gasteiger partial charge in [-0.2, -0.15) is 0 Å². The Morgan fingerprint density at radius 1 is 1.08 bits per heavy atom. The van der Waals surface area contributed by atoms with Gasteiger partial charge in [0.25, 0.3) is 5.91 Å².